The standard InChI is InChI=1S/C21H29NO5/c1-19(2)20(3)9-10-21(19,17(24)16(20)23)18(25)22-11-8-13-6-7-14(26-4)15(12-13)27-5/h6-7,12,16,23H,8-11H2,1-5H3,(H,22,25). The van der Waals surface area contributed by atoms with E-state index in [1.54, 1.807) is 14.2 Å². The molecule has 2 N–H and O–H groups in total. The number of ketones is 1. The van der Waals surface area contributed by atoms with Crippen LogP contribution in [0.5, 0.6) is 11.5 Å². The Morgan fingerprint density at radius 1 is 1.19 bits per heavy atom. The van der Waals surface area contributed by atoms with Crippen LogP contribution in [0, 0.1) is 16.2 Å². The van der Waals surface area contributed by atoms with Gasteiger partial charge < -0.3 is 19.9 Å². The second-order valence-electron chi connectivity index (χ2n) is 8.41. The van der Waals surface area contributed by atoms with Crippen molar-refractivity contribution < 1.29 is 24.2 Å². The predicted octanol–water partition coefficient (Wildman–Crippen LogP) is 2.12. The summed E-state index contributed by atoms with van der Waals surface area (Å²) in [5.41, 5.74) is -1.27. The molecule has 1 aromatic carbocycles. The molecule has 2 bridgehead atoms. The number of amides is 1. The molecule has 2 aliphatic carbocycles. The Kier molecular flexibility index (Phi) is 4.75. The van der Waals surface area contributed by atoms with Crippen molar-refractivity contribution in [3.8, 4) is 11.5 Å². The molecule has 0 saturated heterocycles. The molecule has 0 spiro atoms. The maximum Gasteiger partial charge on any atom is 0.234 e. The summed E-state index contributed by atoms with van der Waals surface area (Å²) < 4.78 is 10.5. The number of aliphatic hydroxyl groups excluding tert-OH is 1. The number of nitrogens with one attached hydrogen (secondary N) is 1. The first-order chi connectivity index (χ1) is 12.7. The molecule has 2 fully saturated rings. The van der Waals surface area contributed by atoms with E-state index in [1.165, 1.54) is 0 Å². The second-order valence-corrected chi connectivity index (χ2v) is 8.41. The summed E-state index contributed by atoms with van der Waals surface area (Å²) in [5, 5.41) is 13.4. The van der Waals surface area contributed by atoms with Crippen LogP contribution in [0.1, 0.15) is 39.2 Å². The Labute approximate surface area is 160 Å². The van der Waals surface area contributed by atoms with Crippen molar-refractivity contribution in [3.63, 3.8) is 0 Å². The zero-order chi connectivity index (χ0) is 20.0. The van der Waals surface area contributed by atoms with Crippen LogP contribution >= 0.6 is 0 Å². The third-order valence-electron chi connectivity index (χ3n) is 7.32. The van der Waals surface area contributed by atoms with E-state index in [9.17, 15) is 14.7 Å². The van der Waals surface area contributed by atoms with Gasteiger partial charge in [0.05, 0.1) is 14.2 Å². The van der Waals surface area contributed by atoms with Gasteiger partial charge in [0.1, 0.15) is 11.5 Å². The van der Waals surface area contributed by atoms with Crippen molar-refractivity contribution >= 4 is 11.7 Å². The lowest BCUT2D eigenvalue weighted by atomic mass is 9.64. The highest BCUT2D eigenvalue weighted by atomic mass is 16.5. The summed E-state index contributed by atoms with van der Waals surface area (Å²) in [6.45, 7) is 6.19. The molecule has 6 heteroatoms. The quantitative estimate of drug-likeness (QED) is 0.744. The van der Waals surface area contributed by atoms with Gasteiger partial charge in [-0.2, -0.15) is 0 Å². The predicted molar refractivity (Wildman–Crippen MR) is 101 cm³/mol. The van der Waals surface area contributed by atoms with Gasteiger partial charge in [0.2, 0.25) is 5.91 Å². The number of benzene rings is 1. The van der Waals surface area contributed by atoms with Crippen LogP contribution in [0.15, 0.2) is 18.2 Å². The second kappa shape index (κ2) is 6.51. The molecule has 0 radical (unpaired) electrons. The SMILES string of the molecule is COc1ccc(CCNC(=O)C23CCC(C)(C(O)C2=O)C3(C)C)cc1OC. The smallest absolute Gasteiger partial charge is 0.234 e. The molecular formula is C21H29NO5. The van der Waals surface area contributed by atoms with E-state index >= 15 is 0 Å². The van der Waals surface area contributed by atoms with E-state index in [0.717, 1.165) is 5.56 Å². The molecule has 6 nitrogen and oxygen atoms in total. The molecule has 1 aromatic rings. The fourth-order valence-electron chi connectivity index (χ4n) is 5.01. The molecule has 2 aliphatic rings. The topological polar surface area (TPSA) is 84.9 Å². The van der Waals surface area contributed by atoms with Gasteiger partial charge >= 0.3 is 0 Å². The molecule has 3 unspecified atom stereocenters. The zero-order valence-corrected chi connectivity index (χ0v) is 16.7. The summed E-state index contributed by atoms with van der Waals surface area (Å²) in [6.07, 6.45) is 0.708. The molecule has 2 saturated carbocycles. The summed E-state index contributed by atoms with van der Waals surface area (Å²) in [6, 6.07) is 5.63. The zero-order valence-electron chi connectivity index (χ0n) is 16.7. The minimum Gasteiger partial charge on any atom is -0.493 e. The molecule has 0 aliphatic heterocycles. The number of methoxy groups -OCH3 is 2. The Morgan fingerprint density at radius 2 is 1.85 bits per heavy atom. The first kappa shape index (κ1) is 19.7. The van der Waals surface area contributed by atoms with Crippen molar-refractivity contribution in [2.75, 3.05) is 20.8 Å². The number of rotatable bonds is 6. The molecule has 0 heterocycles. The molecule has 3 atom stereocenters. The Balaban J connectivity index is 1.71. The fourth-order valence-corrected chi connectivity index (χ4v) is 5.01. The summed E-state index contributed by atoms with van der Waals surface area (Å²) >= 11 is 0. The third-order valence-corrected chi connectivity index (χ3v) is 7.32. The lowest BCUT2D eigenvalue weighted by Crippen LogP contribution is -2.51. The van der Waals surface area contributed by atoms with Crippen molar-refractivity contribution in [2.45, 2.75) is 46.1 Å². The number of hydrogen-bond acceptors (Lipinski definition) is 5. The van der Waals surface area contributed by atoms with Gasteiger partial charge in [-0.1, -0.05) is 26.8 Å². The lowest BCUT2D eigenvalue weighted by molar-refractivity contribution is -0.148. The van der Waals surface area contributed by atoms with E-state index in [1.807, 2.05) is 39.0 Å². The average Bonchev–Trinajstić information content (AvgIpc) is 2.93. The van der Waals surface area contributed by atoms with E-state index in [2.05, 4.69) is 5.32 Å². The van der Waals surface area contributed by atoms with Crippen LogP contribution in [-0.2, 0) is 16.0 Å². The van der Waals surface area contributed by atoms with Crippen LogP contribution in [-0.4, -0.2) is 43.7 Å². The van der Waals surface area contributed by atoms with Gasteiger partial charge in [0, 0.05) is 12.0 Å². The van der Waals surface area contributed by atoms with Crippen LogP contribution in [0.25, 0.3) is 0 Å². The minimum absolute atomic E-state index is 0.266. The van der Waals surface area contributed by atoms with Gasteiger partial charge in [-0.05, 0) is 42.4 Å². The number of carbonyl (C=O) groups is 2. The van der Waals surface area contributed by atoms with E-state index in [0.29, 0.717) is 37.3 Å². The first-order valence-corrected chi connectivity index (χ1v) is 9.37. The molecule has 1 amide bonds. The summed E-state index contributed by atoms with van der Waals surface area (Å²) in [7, 11) is 3.17. The van der Waals surface area contributed by atoms with Crippen LogP contribution in [0.2, 0.25) is 0 Å². The Bertz CT molecular complexity index is 774. The van der Waals surface area contributed by atoms with Gasteiger partial charge in [-0.15, -0.1) is 0 Å². The number of Topliss-reactive ketones (excluding diaryl/α,β-unsaturated/α-hetero) is 1. The van der Waals surface area contributed by atoms with Gasteiger partial charge in [0.25, 0.3) is 0 Å². The van der Waals surface area contributed by atoms with E-state index in [4.69, 9.17) is 9.47 Å². The van der Waals surface area contributed by atoms with Gasteiger partial charge in [-0.3, -0.25) is 9.59 Å². The fraction of sp³-hybridized carbons (Fsp3) is 0.619. The van der Waals surface area contributed by atoms with Crippen molar-refractivity contribution in [1.82, 2.24) is 5.32 Å². The highest BCUT2D eigenvalue weighted by Gasteiger charge is 2.77. The van der Waals surface area contributed by atoms with Crippen molar-refractivity contribution in [3.05, 3.63) is 23.8 Å². The Hall–Kier alpha value is -2.08. The molecular weight excluding hydrogens is 346 g/mol. The summed E-state index contributed by atoms with van der Waals surface area (Å²) in [4.78, 5) is 25.9. The Morgan fingerprint density at radius 3 is 2.41 bits per heavy atom. The number of ether oxygens (including phenoxy) is 2. The number of carbonyl (C=O) groups excluding carboxylic acids is 2. The number of fused-ring (bicyclic) bond motifs is 2. The first-order valence-electron chi connectivity index (χ1n) is 9.37. The van der Waals surface area contributed by atoms with Gasteiger partial charge in [0.15, 0.2) is 17.3 Å². The van der Waals surface area contributed by atoms with Crippen LogP contribution in [0.3, 0.4) is 0 Å². The van der Waals surface area contributed by atoms with E-state index in [-0.39, 0.29) is 11.7 Å². The molecule has 3 rings (SSSR count). The van der Waals surface area contributed by atoms with Crippen LogP contribution < -0.4 is 14.8 Å². The number of aliphatic hydroxyl groups is 1. The lowest BCUT2D eigenvalue weighted by Gasteiger charge is -2.38. The molecule has 27 heavy (non-hydrogen) atoms. The molecule has 148 valence electrons. The van der Waals surface area contributed by atoms with Gasteiger partial charge in [-0.25, -0.2) is 0 Å². The monoisotopic (exact) mass is 375 g/mol. The van der Waals surface area contributed by atoms with Crippen LogP contribution in [0.4, 0.5) is 0 Å². The highest BCUT2D eigenvalue weighted by molar-refractivity contribution is 6.12. The normalized spacial score (nSPS) is 31.0. The maximum absolute atomic E-state index is 13.1. The van der Waals surface area contributed by atoms with E-state index < -0.39 is 22.3 Å². The maximum atomic E-state index is 13.1. The highest BCUT2D eigenvalue weighted by Crippen LogP contribution is 2.70. The minimum atomic E-state index is -1.14. The third kappa shape index (κ3) is 2.49. The van der Waals surface area contributed by atoms with Crippen molar-refractivity contribution in [2.24, 2.45) is 16.2 Å². The largest absolute Gasteiger partial charge is 0.493 e. The average molecular weight is 375 g/mol. The van der Waals surface area contributed by atoms with Crippen molar-refractivity contribution in [1.29, 1.82) is 0 Å². The number of hydrogen-bond donors (Lipinski definition) is 2. The molecule has 0 aromatic heterocycles. The summed E-state index contributed by atoms with van der Waals surface area (Å²) in [5.74, 6) is 0.700.